The zero-order valence-corrected chi connectivity index (χ0v) is 17.9. The lowest BCUT2D eigenvalue weighted by Gasteiger charge is -2.20. The SMILES string of the molecule is CCCc1ccc(-c2cc(F)c(C(F)(F)Oc3cc(F)c(O/C=C/CF)c(F)c3)c(F)c2)cc1. The molecule has 0 saturated carbocycles. The number of alkyl halides is 3. The van der Waals surface area contributed by atoms with Crippen molar-refractivity contribution in [2.75, 3.05) is 6.67 Å². The third kappa shape index (κ3) is 5.70. The molecule has 0 heterocycles. The van der Waals surface area contributed by atoms with Crippen molar-refractivity contribution in [3.05, 3.63) is 95.3 Å². The van der Waals surface area contributed by atoms with Crippen LogP contribution in [0.15, 0.2) is 60.9 Å². The van der Waals surface area contributed by atoms with Crippen LogP contribution in [0.3, 0.4) is 0 Å². The monoisotopic (exact) mass is 484 g/mol. The summed E-state index contributed by atoms with van der Waals surface area (Å²) in [4.78, 5) is 0. The Kier molecular flexibility index (Phi) is 7.86. The smallest absolute Gasteiger partial charge is 0.432 e. The molecule has 0 aliphatic carbocycles. The van der Waals surface area contributed by atoms with Crippen LogP contribution in [0.5, 0.6) is 11.5 Å². The molecule has 3 aromatic carbocycles. The molecule has 180 valence electrons. The molecule has 34 heavy (non-hydrogen) atoms. The lowest BCUT2D eigenvalue weighted by atomic mass is 10.00. The maximum Gasteiger partial charge on any atom is 0.432 e. The molecule has 0 aliphatic heterocycles. The maximum atomic E-state index is 14.6. The summed E-state index contributed by atoms with van der Waals surface area (Å²) in [5.74, 6) is -8.14. The summed E-state index contributed by atoms with van der Waals surface area (Å²) in [7, 11) is 0. The van der Waals surface area contributed by atoms with Crippen molar-refractivity contribution in [1.29, 1.82) is 0 Å². The van der Waals surface area contributed by atoms with Gasteiger partial charge in [-0.05, 0) is 41.3 Å². The molecule has 0 saturated heterocycles. The van der Waals surface area contributed by atoms with Crippen molar-refractivity contribution in [2.24, 2.45) is 0 Å². The molecule has 0 aromatic heterocycles. The van der Waals surface area contributed by atoms with Crippen LogP contribution in [0.25, 0.3) is 11.1 Å². The topological polar surface area (TPSA) is 18.5 Å². The van der Waals surface area contributed by atoms with Gasteiger partial charge in [-0.2, -0.15) is 8.78 Å². The molecule has 0 aliphatic rings. The number of benzene rings is 3. The fourth-order valence-corrected chi connectivity index (χ4v) is 3.23. The number of hydrogen-bond acceptors (Lipinski definition) is 2. The number of rotatable bonds is 9. The van der Waals surface area contributed by atoms with Gasteiger partial charge in [0, 0.05) is 12.1 Å². The van der Waals surface area contributed by atoms with E-state index in [9.17, 15) is 30.7 Å². The molecule has 3 rings (SSSR count). The van der Waals surface area contributed by atoms with Gasteiger partial charge < -0.3 is 9.47 Å². The largest absolute Gasteiger partial charge is 0.459 e. The van der Waals surface area contributed by atoms with Crippen LogP contribution in [0.4, 0.5) is 30.7 Å². The van der Waals surface area contributed by atoms with Gasteiger partial charge in [0.05, 0.1) is 6.26 Å². The molecular formula is C25H19F7O2. The summed E-state index contributed by atoms with van der Waals surface area (Å²) < 4.78 is 107. The summed E-state index contributed by atoms with van der Waals surface area (Å²) in [6, 6.07) is 8.90. The van der Waals surface area contributed by atoms with Crippen LogP contribution >= 0.6 is 0 Å². The van der Waals surface area contributed by atoms with Crippen molar-refractivity contribution in [2.45, 2.75) is 25.9 Å². The summed E-state index contributed by atoms with van der Waals surface area (Å²) in [6.45, 7) is 1.04. The highest BCUT2D eigenvalue weighted by Crippen LogP contribution is 2.38. The van der Waals surface area contributed by atoms with Gasteiger partial charge >= 0.3 is 6.11 Å². The Balaban J connectivity index is 1.88. The summed E-state index contributed by atoms with van der Waals surface area (Å²) in [5.41, 5.74) is -0.267. The van der Waals surface area contributed by atoms with Gasteiger partial charge in [0.25, 0.3) is 0 Å². The highest BCUT2D eigenvalue weighted by Gasteiger charge is 2.41. The highest BCUT2D eigenvalue weighted by molar-refractivity contribution is 5.64. The fraction of sp³-hybridized carbons (Fsp3) is 0.200. The van der Waals surface area contributed by atoms with Crippen LogP contribution in [0.2, 0.25) is 0 Å². The molecule has 3 aromatic rings. The van der Waals surface area contributed by atoms with E-state index in [4.69, 9.17) is 0 Å². The molecule has 0 spiro atoms. The molecule has 0 unspecified atom stereocenters. The van der Waals surface area contributed by atoms with Crippen LogP contribution in [-0.4, -0.2) is 6.67 Å². The first-order valence-electron chi connectivity index (χ1n) is 10.2. The van der Waals surface area contributed by atoms with Gasteiger partial charge in [-0.25, -0.2) is 22.0 Å². The molecule has 0 atom stereocenters. The standard InChI is InChI=1S/C25H19F7O2/c1-2-4-15-5-7-16(8-6-15)17-11-19(27)23(20(28)12-17)25(31,32)34-18-13-21(29)24(22(30)14-18)33-10-3-9-26/h3,5-8,10-14H,2,4,9H2,1H3/b10-3+. The first kappa shape index (κ1) is 25.1. The third-order valence-electron chi connectivity index (χ3n) is 4.75. The minimum absolute atomic E-state index is 0.0255. The average molecular weight is 484 g/mol. The summed E-state index contributed by atoms with van der Waals surface area (Å²) in [6.07, 6.45) is -1.40. The number of ether oxygens (including phenoxy) is 2. The molecule has 0 radical (unpaired) electrons. The second kappa shape index (κ2) is 10.6. The van der Waals surface area contributed by atoms with Gasteiger partial charge in [0.2, 0.25) is 0 Å². The minimum Gasteiger partial charge on any atom is -0.459 e. The number of halogens is 7. The van der Waals surface area contributed by atoms with E-state index in [2.05, 4.69) is 9.47 Å². The van der Waals surface area contributed by atoms with Crippen LogP contribution in [0.1, 0.15) is 24.5 Å². The van der Waals surface area contributed by atoms with E-state index in [0.717, 1.165) is 36.6 Å². The number of aryl methyl sites for hydroxylation is 1. The molecular weight excluding hydrogens is 465 g/mol. The zero-order valence-electron chi connectivity index (χ0n) is 17.9. The van der Waals surface area contributed by atoms with Crippen molar-refractivity contribution in [3.8, 4) is 22.6 Å². The Labute approximate surface area is 191 Å². The maximum absolute atomic E-state index is 14.6. The second-order valence-electron chi connectivity index (χ2n) is 7.24. The van der Waals surface area contributed by atoms with Crippen molar-refractivity contribution >= 4 is 0 Å². The van der Waals surface area contributed by atoms with Crippen molar-refractivity contribution in [1.82, 2.24) is 0 Å². The molecule has 2 nitrogen and oxygen atoms in total. The predicted molar refractivity (Wildman–Crippen MR) is 112 cm³/mol. The van der Waals surface area contributed by atoms with E-state index in [1.54, 1.807) is 24.3 Å². The van der Waals surface area contributed by atoms with Crippen molar-refractivity contribution < 1.29 is 40.2 Å². The van der Waals surface area contributed by atoms with Gasteiger partial charge in [-0.3, -0.25) is 0 Å². The fourth-order valence-electron chi connectivity index (χ4n) is 3.23. The average Bonchev–Trinajstić information content (AvgIpc) is 2.75. The number of allylic oxidation sites excluding steroid dienone is 1. The van der Waals surface area contributed by atoms with E-state index < -0.39 is 53.1 Å². The van der Waals surface area contributed by atoms with Crippen LogP contribution in [-0.2, 0) is 12.5 Å². The molecule has 0 amide bonds. The second-order valence-corrected chi connectivity index (χ2v) is 7.24. The Morgan fingerprint density at radius 1 is 0.824 bits per heavy atom. The van der Waals surface area contributed by atoms with E-state index in [1.165, 1.54) is 0 Å². The molecule has 0 bridgehead atoms. The highest BCUT2D eigenvalue weighted by atomic mass is 19.3. The van der Waals surface area contributed by atoms with Gasteiger partial charge in [0.1, 0.15) is 29.6 Å². The predicted octanol–water partition coefficient (Wildman–Crippen LogP) is 7.85. The van der Waals surface area contributed by atoms with Gasteiger partial charge in [0.15, 0.2) is 17.4 Å². The van der Waals surface area contributed by atoms with E-state index in [-0.39, 0.29) is 5.56 Å². The first-order chi connectivity index (χ1) is 16.2. The summed E-state index contributed by atoms with van der Waals surface area (Å²) in [5, 5.41) is 0. The van der Waals surface area contributed by atoms with Crippen molar-refractivity contribution in [3.63, 3.8) is 0 Å². The molecule has 0 N–H and O–H groups in total. The quantitative estimate of drug-likeness (QED) is 0.227. The van der Waals surface area contributed by atoms with E-state index in [0.29, 0.717) is 24.0 Å². The van der Waals surface area contributed by atoms with Crippen LogP contribution < -0.4 is 9.47 Å². The molecule has 9 heteroatoms. The normalized spacial score (nSPS) is 11.8. The third-order valence-corrected chi connectivity index (χ3v) is 4.75. The van der Waals surface area contributed by atoms with Gasteiger partial charge in [-0.1, -0.05) is 37.6 Å². The summed E-state index contributed by atoms with van der Waals surface area (Å²) >= 11 is 0. The Hall–Kier alpha value is -3.49. The first-order valence-corrected chi connectivity index (χ1v) is 10.2. The Bertz CT molecular complexity index is 1130. The molecule has 0 fully saturated rings. The van der Waals surface area contributed by atoms with Crippen LogP contribution in [0, 0.1) is 23.3 Å². The Morgan fingerprint density at radius 3 is 1.94 bits per heavy atom. The minimum atomic E-state index is -4.60. The van der Waals surface area contributed by atoms with Gasteiger partial charge in [-0.15, -0.1) is 0 Å². The number of hydrogen-bond donors (Lipinski definition) is 0. The van der Waals surface area contributed by atoms with E-state index >= 15 is 0 Å². The lowest BCUT2D eigenvalue weighted by Crippen LogP contribution is -2.25. The lowest BCUT2D eigenvalue weighted by molar-refractivity contribution is -0.189. The Morgan fingerprint density at radius 2 is 1.41 bits per heavy atom. The van der Waals surface area contributed by atoms with E-state index in [1.807, 2.05) is 6.92 Å². The zero-order chi connectivity index (χ0) is 24.9.